The maximum atomic E-state index is 13.1. The Kier molecular flexibility index (Phi) is 4.14. The number of nitrogens with zero attached hydrogens (tertiary/aromatic N) is 4. The lowest BCUT2D eigenvalue weighted by Gasteiger charge is -2.36. The van der Waals surface area contributed by atoms with Gasteiger partial charge in [0.05, 0.1) is 36.4 Å². The zero-order chi connectivity index (χ0) is 16.5. The van der Waals surface area contributed by atoms with Gasteiger partial charge in [0.15, 0.2) is 0 Å². The van der Waals surface area contributed by atoms with Crippen molar-refractivity contribution in [2.45, 2.75) is 38.3 Å². The number of fused-ring (bicyclic) bond motifs is 1. The van der Waals surface area contributed by atoms with Crippen LogP contribution in [0.25, 0.3) is 0 Å². The first-order chi connectivity index (χ1) is 11.7. The molecule has 128 valence electrons. The van der Waals surface area contributed by atoms with Crippen molar-refractivity contribution in [3.05, 3.63) is 41.9 Å². The van der Waals surface area contributed by atoms with E-state index in [2.05, 4.69) is 9.88 Å². The van der Waals surface area contributed by atoms with Crippen LogP contribution in [0.4, 0.5) is 0 Å². The van der Waals surface area contributed by atoms with E-state index in [1.54, 1.807) is 6.26 Å². The van der Waals surface area contributed by atoms with Crippen LogP contribution < -0.4 is 0 Å². The molecule has 2 aromatic rings. The number of rotatable bonds is 3. The number of amides is 1. The standard InChI is InChI=1S/C18H24N4O2/c1-20-13-19-16-12-21(10-14-6-5-9-24-14)11-15(17(16)20)18(23)22-7-3-2-4-8-22/h5-6,9,13,15H,2-4,7-8,10-12H2,1H3/t15-/m0/s1. The molecule has 0 bridgehead atoms. The zero-order valence-corrected chi connectivity index (χ0v) is 14.1. The average molecular weight is 328 g/mol. The first-order valence-electron chi connectivity index (χ1n) is 8.76. The molecule has 1 fully saturated rings. The molecule has 6 nitrogen and oxygen atoms in total. The summed E-state index contributed by atoms with van der Waals surface area (Å²) in [5.74, 6) is 1.05. The van der Waals surface area contributed by atoms with Crippen molar-refractivity contribution in [3.63, 3.8) is 0 Å². The van der Waals surface area contributed by atoms with Gasteiger partial charge in [-0.25, -0.2) is 4.98 Å². The maximum absolute atomic E-state index is 13.1. The van der Waals surface area contributed by atoms with Crippen molar-refractivity contribution in [2.24, 2.45) is 7.05 Å². The van der Waals surface area contributed by atoms with E-state index in [1.807, 2.05) is 35.0 Å². The molecule has 24 heavy (non-hydrogen) atoms. The third-order valence-electron chi connectivity index (χ3n) is 5.13. The second-order valence-corrected chi connectivity index (χ2v) is 6.87. The highest BCUT2D eigenvalue weighted by molar-refractivity contribution is 5.84. The highest BCUT2D eigenvalue weighted by Crippen LogP contribution is 2.30. The van der Waals surface area contributed by atoms with Crippen molar-refractivity contribution in [2.75, 3.05) is 19.6 Å². The molecule has 2 aromatic heterocycles. The number of aromatic nitrogens is 2. The summed E-state index contributed by atoms with van der Waals surface area (Å²) in [6.45, 7) is 3.98. The minimum atomic E-state index is -0.130. The van der Waals surface area contributed by atoms with Gasteiger partial charge in [-0.1, -0.05) is 0 Å². The van der Waals surface area contributed by atoms with Gasteiger partial charge in [0.1, 0.15) is 5.76 Å². The normalized spacial score (nSPS) is 21.7. The number of likely N-dealkylation sites (tertiary alicyclic amines) is 1. The Bertz CT molecular complexity index is 701. The van der Waals surface area contributed by atoms with Crippen molar-refractivity contribution in [3.8, 4) is 0 Å². The Morgan fingerprint density at radius 1 is 1.33 bits per heavy atom. The minimum Gasteiger partial charge on any atom is -0.468 e. The SMILES string of the molecule is Cn1cnc2c1[C@@H](C(=O)N1CCCCC1)CN(Cc1ccco1)C2. The Morgan fingerprint density at radius 3 is 2.92 bits per heavy atom. The van der Waals surface area contributed by atoms with Gasteiger partial charge in [0.2, 0.25) is 5.91 Å². The van der Waals surface area contributed by atoms with Gasteiger partial charge < -0.3 is 13.9 Å². The Morgan fingerprint density at radius 2 is 2.17 bits per heavy atom. The Hall–Kier alpha value is -2.08. The van der Waals surface area contributed by atoms with Gasteiger partial charge in [0, 0.05) is 33.2 Å². The number of hydrogen-bond acceptors (Lipinski definition) is 4. The zero-order valence-electron chi connectivity index (χ0n) is 14.1. The van der Waals surface area contributed by atoms with Gasteiger partial charge >= 0.3 is 0 Å². The molecule has 0 aromatic carbocycles. The van der Waals surface area contributed by atoms with E-state index in [9.17, 15) is 4.79 Å². The first-order valence-corrected chi connectivity index (χ1v) is 8.76. The topological polar surface area (TPSA) is 54.5 Å². The van der Waals surface area contributed by atoms with E-state index >= 15 is 0 Å². The third kappa shape index (κ3) is 2.86. The van der Waals surface area contributed by atoms with Crippen LogP contribution in [0.5, 0.6) is 0 Å². The van der Waals surface area contributed by atoms with E-state index in [0.29, 0.717) is 6.54 Å². The summed E-state index contributed by atoms with van der Waals surface area (Å²) in [6.07, 6.45) is 7.00. The summed E-state index contributed by atoms with van der Waals surface area (Å²) in [4.78, 5) is 22.0. The van der Waals surface area contributed by atoms with Crippen LogP contribution in [-0.2, 0) is 24.9 Å². The van der Waals surface area contributed by atoms with E-state index in [-0.39, 0.29) is 11.8 Å². The molecule has 0 N–H and O–H groups in total. The monoisotopic (exact) mass is 328 g/mol. The number of hydrogen-bond donors (Lipinski definition) is 0. The smallest absolute Gasteiger partial charge is 0.233 e. The number of carbonyl (C=O) groups excluding carboxylic acids is 1. The number of aryl methyl sites for hydroxylation is 1. The molecule has 1 saturated heterocycles. The predicted molar refractivity (Wildman–Crippen MR) is 89.2 cm³/mol. The van der Waals surface area contributed by atoms with Crippen molar-refractivity contribution in [1.29, 1.82) is 0 Å². The third-order valence-corrected chi connectivity index (χ3v) is 5.13. The largest absolute Gasteiger partial charge is 0.468 e. The molecule has 1 amide bonds. The molecule has 6 heteroatoms. The molecule has 0 radical (unpaired) electrons. The fourth-order valence-corrected chi connectivity index (χ4v) is 3.95. The van der Waals surface area contributed by atoms with E-state index in [1.165, 1.54) is 6.42 Å². The van der Waals surface area contributed by atoms with Crippen molar-refractivity contribution >= 4 is 5.91 Å². The predicted octanol–water partition coefficient (Wildman–Crippen LogP) is 2.12. The first kappa shape index (κ1) is 15.4. The summed E-state index contributed by atoms with van der Waals surface area (Å²) in [5.41, 5.74) is 2.10. The van der Waals surface area contributed by atoms with Gasteiger partial charge in [-0.05, 0) is 31.4 Å². The summed E-state index contributed by atoms with van der Waals surface area (Å²) < 4.78 is 7.50. The molecular formula is C18H24N4O2. The van der Waals surface area contributed by atoms with Crippen LogP contribution in [0, 0.1) is 0 Å². The number of imidazole rings is 1. The van der Waals surface area contributed by atoms with Crippen LogP contribution in [-0.4, -0.2) is 44.9 Å². The lowest BCUT2D eigenvalue weighted by atomic mass is 9.95. The van der Waals surface area contributed by atoms with Gasteiger partial charge in [-0.3, -0.25) is 9.69 Å². The molecule has 0 spiro atoms. The molecule has 2 aliphatic rings. The highest BCUT2D eigenvalue weighted by Gasteiger charge is 2.36. The van der Waals surface area contributed by atoms with Crippen molar-refractivity contribution in [1.82, 2.24) is 19.4 Å². The Labute approximate surface area is 142 Å². The summed E-state index contributed by atoms with van der Waals surface area (Å²) in [5, 5.41) is 0. The second kappa shape index (κ2) is 6.43. The van der Waals surface area contributed by atoms with Crippen LogP contribution in [0.3, 0.4) is 0 Å². The molecule has 0 aliphatic carbocycles. The fraction of sp³-hybridized carbons (Fsp3) is 0.556. The molecule has 0 saturated carbocycles. The lowest BCUT2D eigenvalue weighted by Crippen LogP contribution is -2.45. The maximum Gasteiger partial charge on any atom is 0.233 e. The van der Waals surface area contributed by atoms with Gasteiger partial charge in [-0.15, -0.1) is 0 Å². The fourth-order valence-electron chi connectivity index (χ4n) is 3.95. The van der Waals surface area contributed by atoms with E-state index in [4.69, 9.17) is 4.42 Å². The highest BCUT2D eigenvalue weighted by atomic mass is 16.3. The molecule has 0 unspecified atom stereocenters. The van der Waals surface area contributed by atoms with E-state index in [0.717, 1.165) is 56.2 Å². The van der Waals surface area contributed by atoms with Crippen LogP contribution in [0.2, 0.25) is 0 Å². The quantitative estimate of drug-likeness (QED) is 0.866. The summed E-state index contributed by atoms with van der Waals surface area (Å²) in [6, 6.07) is 3.89. The molecule has 1 atom stereocenters. The number of carbonyl (C=O) groups is 1. The second-order valence-electron chi connectivity index (χ2n) is 6.87. The number of furan rings is 1. The molecular weight excluding hydrogens is 304 g/mol. The van der Waals surface area contributed by atoms with Gasteiger partial charge in [0.25, 0.3) is 0 Å². The Balaban J connectivity index is 1.58. The molecule has 4 heterocycles. The average Bonchev–Trinajstić information content (AvgIpc) is 3.25. The van der Waals surface area contributed by atoms with Crippen LogP contribution >= 0.6 is 0 Å². The van der Waals surface area contributed by atoms with Crippen LogP contribution in [0.1, 0.15) is 42.3 Å². The van der Waals surface area contributed by atoms with Crippen LogP contribution in [0.15, 0.2) is 29.1 Å². The summed E-state index contributed by atoms with van der Waals surface area (Å²) in [7, 11) is 1.99. The minimum absolute atomic E-state index is 0.130. The number of piperidine rings is 1. The van der Waals surface area contributed by atoms with Gasteiger partial charge in [-0.2, -0.15) is 0 Å². The lowest BCUT2D eigenvalue weighted by molar-refractivity contribution is -0.134. The van der Waals surface area contributed by atoms with Crippen molar-refractivity contribution < 1.29 is 9.21 Å². The molecule has 2 aliphatic heterocycles. The van der Waals surface area contributed by atoms with E-state index < -0.39 is 0 Å². The molecule has 4 rings (SSSR count). The summed E-state index contributed by atoms with van der Waals surface area (Å²) >= 11 is 0.